The lowest BCUT2D eigenvalue weighted by Gasteiger charge is -2.23. The molecule has 0 N–H and O–H groups in total. The summed E-state index contributed by atoms with van der Waals surface area (Å²) in [6.45, 7) is 1.60. The number of carbonyl (C=O) groups is 1. The third-order valence-corrected chi connectivity index (χ3v) is 4.52. The van der Waals surface area contributed by atoms with Crippen molar-refractivity contribution in [3.63, 3.8) is 0 Å². The van der Waals surface area contributed by atoms with Gasteiger partial charge in [0.25, 0.3) is 17.3 Å². The van der Waals surface area contributed by atoms with Gasteiger partial charge in [-0.25, -0.2) is 4.39 Å². The molecule has 3 rings (SSSR count). The van der Waals surface area contributed by atoms with E-state index in [0.717, 1.165) is 25.0 Å². The van der Waals surface area contributed by atoms with Crippen LogP contribution >= 0.6 is 0 Å². The molecule has 9 heteroatoms. The van der Waals surface area contributed by atoms with Gasteiger partial charge in [-0.1, -0.05) is 12.1 Å². The first kappa shape index (κ1) is 18.4. The quantitative estimate of drug-likeness (QED) is 0.566. The number of carbonyl (C=O) groups excluding carboxylic acids is 1. The Hall–Kier alpha value is -3.36. The molecule has 2 aromatic carbocycles. The van der Waals surface area contributed by atoms with Crippen LogP contribution in [0.5, 0.6) is 0 Å². The highest BCUT2D eigenvalue weighted by Gasteiger charge is 2.35. The fourth-order valence-electron chi connectivity index (χ4n) is 2.90. The summed E-state index contributed by atoms with van der Waals surface area (Å²) >= 11 is 0. The van der Waals surface area contributed by atoms with Gasteiger partial charge in [-0.05, 0) is 37.5 Å². The summed E-state index contributed by atoms with van der Waals surface area (Å²) in [5.74, 6) is -0.903. The third-order valence-electron chi connectivity index (χ3n) is 4.52. The van der Waals surface area contributed by atoms with Crippen molar-refractivity contribution in [3.05, 3.63) is 79.1 Å². The average Bonchev–Trinajstić information content (AvgIpc) is 3.45. The average molecular weight is 373 g/mol. The van der Waals surface area contributed by atoms with Crippen molar-refractivity contribution in [2.75, 3.05) is 0 Å². The number of hydrogen-bond donors (Lipinski definition) is 0. The molecular formula is C18H16FN3O5. The molecule has 0 aliphatic heterocycles. The lowest BCUT2D eigenvalue weighted by atomic mass is 10.0. The maximum Gasteiger partial charge on any atom is 0.279 e. The first-order chi connectivity index (χ1) is 12.8. The van der Waals surface area contributed by atoms with E-state index in [-0.39, 0.29) is 23.7 Å². The molecule has 2 aromatic rings. The summed E-state index contributed by atoms with van der Waals surface area (Å²) in [6, 6.07) is 7.57. The number of amides is 1. The highest BCUT2D eigenvalue weighted by Crippen LogP contribution is 2.33. The number of hydrogen-bond acceptors (Lipinski definition) is 5. The largest absolute Gasteiger partial charge is 0.331 e. The Kier molecular flexibility index (Phi) is 4.85. The van der Waals surface area contributed by atoms with E-state index < -0.39 is 32.9 Å². The second-order valence-electron chi connectivity index (χ2n) is 6.44. The fraction of sp³-hybridized carbons (Fsp3) is 0.278. The number of nitrogens with zero attached hydrogens (tertiary/aromatic N) is 3. The van der Waals surface area contributed by atoms with Crippen LogP contribution < -0.4 is 0 Å². The Labute approximate surface area is 153 Å². The van der Waals surface area contributed by atoms with Crippen LogP contribution in [0.1, 0.15) is 34.3 Å². The summed E-state index contributed by atoms with van der Waals surface area (Å²) in [7, 11) is 0. The molecule has 0 aromatic heterocycles. The normalized spacial score (nSPS) is 13.3. The molecule has 0 saturated heterocycles. The molecular weight excluding hydrogens is 357 g/mol. The molecule has 1 amide bonds. The van der Waals surface area contributed by atoms with Crippen molar-refractivity contribution >= 4 is 17.3 Å². The van der Waals surface area contributed by atoms with Gasteiger partial charge in [-0.3, -0.25) is 25.0 Å². The molecule has 0 spiro atoms. The predicted molar refractivity (Wildman–Crippen MR) is 93.8 cm³/mol. The SMILES string of the molecule is Cc1c(C(=O)N(Cc2ccc(F)cc2)C2CC2)cc([N+](=O)[O-])cc1[N+](=O)[O-]. The van der Waals surface area contributed by atoms with E-state index in [9.17, 15) is 29.4 Å². The molecule has 0 radical (unpaired) electrons. The van der Waals surface area contributed by atoms with Crippen molar-refractivity contribution in [2.24, 2.45) is 0 Å². The summed E-state index contributed by atoms with van der Waals surface area (Å²) in [6.07, 6.45) is 1.56. The van der Waals surface area contributed by atoms with Gasteiger partial charge in [0.2, 0.25) is 0 Å². The van der Waals surface area contributed by atoms with Crippen LogP contribution in [0.3, 0.4) is 0 Å². The molecule has 0 atom stereocenters. The van der Waals surface area contributed by atoms with Crippen LogP contribution in [0.15, 0.2) is 36.4 Å². The number of nitro groups is 2. The van der Waals surface area contributed by atoms with Crippen LogP contribution in [0.4, 0.5) is 15.8 Å². The van der Waals surface area contributed by atoms with Gasteiger partial charge in [0, 0.05) is 24.2 Å². The molecule has 27 heavy (non-hydrogen) atoms. The van der Waals surface area contributed by atoms with E-state index >= 15 is 0 Å². The van der Waals surface area contributed by atoms with E-state index in [1.165, 1.54) is 24.0 Å². The molecule has 1 saturated carbocycles. The van der Waals surface area contributed by atoms with Crippen molar-refractivity contribution < 1.29 is 19.0 Å². The Balaban J connectivity index is 1.99. The fourth-order valence-corrected chi connectivity index (χ4v) is 2.90. The molecule has 0 unspecified atom stereocenters. The van der Waals surface area contributed by atoms with E-state index in [0.29, 0.717) is 5.56 Å². The summed E-state index contributed by atoms with van der Waals surface area (Å²) < 4.78 is 13.1. The van der Waals surface area contributed by atoms with Crippen LogP contribution in [-0.4, -0.2) is 26.7 Å². The van der Waals surface area contributed by atoms with Gasteiger partial charge >= 0.3 is 0 Å². The standard InChI is InChI=1S/C18H16FN3O5/c1-11-16(8-15(21(24)25)9-17(11)22(26)27)18(23)20(14-6-7-14)10-12-2-4-13(19)5-3-12/h2-5,8-9,14H,6-7,10H2,1H3. The summed E-state index contributed by atoms with van der Waals surface area (Å²) in [5, 5.41) is 22.4. The lowest BCUT2D eigenvalue weighted by Crippen LogP contribution is -2.33. The van der Waals surface area contributed by atoms with Crippen LogP contribution in [0, 0.1) is 33.0 Å². The summed E-state index contributed by atoms with van der Waals surface area (Å²) in [4.78, 5) is 35.5. The van der Waals surface area contributed by atoms with Crippen molar-refractivity contribution in [1.82, 2.24) is 4.90 Å². The Bertz CT molecular complexity index is 925. The zero-order valence-corrected chi connectivity index (χ0v) is 14.4. The van der Waals surface area contributed by atoms with Crippen LogP contribution in [0.25, 0.3) is 0 Å². The van der Waals surface area contributed by atoms with Crippen LogP contribution in [0.2, 0.25) is 0 Å². The third kappa shape index (κ3) is 3.91. The second-order valence-corrected chi connectivity index (χ2v) is 6.44. The molecule has 0 heterocycles. The maximum absolute atomic E-state index is 13.1. The van der Waals surface area contributed by atoms with Gasteiger partial charge in [0.1, 0.15) is 5.82 Å². The number of non-ortho nitro benzene ring substituents is 1. The van der Waals surface area contributed by atoms with Crippen molar-refractivity contribution in [2.45, 2.75) is 32.4 Å². The minimum atomic E-state index is -0.759. The zero-order chi connectivity index (χ0) is 19.7. The maximum atomic E-state index is 13.1. The molecule has 1 aliphatic carbocycles. The van der Waals surface area contributed by atoms with Crippen LogP contribution in [-0.2, 0) is 6.54 Å². The van der Waals surface area contributed by atoms with Gasteiger partial charge in [0.15, 0.2) is 0 Å². The minimum Gasteiger partial charge on any atom is -0.331 e. The highest BCUT2D eigenvalue weighted by atomic mass is 19.1. The Morgan fingerprint density at radius 2 is 1.78 bits per heavy atom. The molecule has 1 aliphatic rings. The zero-order valence-electron chi connectivity index (χ0n) is 14.4. The summed E-state index contributed by atoms with van der Waals surface area (Å²) in [5.41, 5.74) is -0.252. The second kappa shape index (κ2) is 7.10. The van der Waals surface area contributed by atoms with Gasteiger partial charge in [-0.2, -0.15) is 0 Å². The lowest BCUT2D eigenvalue weighted by molar-refractivity contribution is -0.394. The van der Waals surface area contributed by atoms with E-state index in [2.05, 4.69) is 0 Å². The Morgan fingerprint density at radius 1 is 1.15 bits per heavy atom. The minimum absolute atomic E-state index is 0.0414. The van der Waals surface area contributed by atoms with E-state index in [1.54, 1.807) is 12.1 Å². The number of nitro benzene ring substituents is 2. The van der Waals surface area contributed by atoms with Gasteiger partial charge in [-0.15, -0.1) is 0 Å². The van der Waals surface area contributed by atoms with E-state index in [1.807, 2.05) is 0 Å². The molecule has 140 valence electrons. The molecule has 1 fully saturated rings. The van der Waals surface area contributed by atoms with Crippen molar-refractivity contribution in [3.8, 4) is 0 Å². The van der Waals surface area contributed by atoms with Crippen molar-refractivity contribution in [1.29, 1.82) is 0 Å². The number of rotatable bonds is 6. The monoisotopic (exact) mass is 373 g/mol. The topological polar surface area (TPSA) is 107 Å². The molecule has 0 bridgehead atoms. The predicted octanol–water partition coefficient (Wildman–Crippen LogP) is 3.76. The molecule has 8 nitrogen and oxygen atoms in total. The number of halogens is 1. The highest BCUT2D eigenvalue weighted by molar-refractivity contribution is 5.97. The van der Waals surface area contributed by atoms with Gasteiger partial charge < -0.3 is 4.90 Å². The van der Waals surface area contributed by atoms with E-state index in [4.69, 9.17) is 0 Å². The first-order valence-corrected chi connectivity index (χ1v) is 8.26. The smallest absolute Gasteiger partial charge is 0.279 e. The number of benzene rings is 2. The first-order valence-electron chi connectivity index (χ1n) is 8.26. The Morgan fingerprint density at radius 3 is 2.30 bits per heavy atom. The van der Waals surface area contributed by atoms with Gasteiger partial charge in [0.05, 0.1) is 21.5 Å².